The molecule has 0 radical (unpaired) electrons. The van der Waals surface area contributed by atoms with Crippen LogP contribution in [0.4, 0.5) is 0 Å². The number of hydrogen-bond donors (Lipinski definition) is 0. The Morgan fingerprint density at radius 3 is 2.55 bits per heavy atom. The molecule has 0 aliphatic carbocycles. The summed E-state index contributed by atoms with van der Waals surface area (Å²) in [4.78, 5) is 0. The first-order chi connectivity index (χ1) is 5.33. The van der Waals surface area contributed by atoms with Gasteiger partial charge < -0.3 is 4.57 Å². The van der Waals surface area contributed by atoms with Gasteiger partial charge in [-0.25, -0.2) is 0 Å². The van der Waals surface area contributed by atoms with Gasteiger partial charge >= 0.3 is 0 Å². The van der Waals surface area contributed by atoms with Gasteiger partial charge in [0.2, 0.25) is 0 Å². The Bertz CT molecular complexity index is 181. The highest BCUT2D eigenvalue weighted by atomic mass is 15.2. The molecule has 3 nitrogen and oxygen atoms in total. The van der Waals surface area contributed by atoms with E-state index >= 15 is 0 Å². The summed E-state index contributed by atoms with van der Waals surface area (Å²) in [5, 5.41) is 7.50. The molecule has 1 unspecified atom stereocenters. The Labute approximate surface area is 67.4 Å². The first-order valence-corrected chi connectivity index (χ1v) is 4.15. The van der Waals surface area contributed by atoms with Crippen molar-refractivity contribution in [2.24, 2.45) is 5.92 Å². The van der Waals surface area contributed by atoms with E-state index in [-0.39, 0.29) is 0 Å². The van der Waals surface area contributed by atoms with Gasteiger partial charge in [-0.2, -0.15) is 0 Å². The van der Waals surface area contributed by atoms with Gasteiger partial charge in [-0.3, -0.25) is 0 Å². The maximum atomic E-state index is 3.75. The van der Waals surface area contributed by atoms with Crippen molar-refractivity contribution in [1.29, 1.82) is 0 Å². The van der Waals surface area contributed by atoms with Crippen LogP contribution < -0.4 is 0 Å². The normalized spacial score (nSPS) is 13.3. The van der Waals surface area contributed by atoms with Crippen LogP contribution in [0.25, 0.3) is 0 Å². The lowest BCUT2D eigenvalue weighted by Crippen LogP contribution is -2.05. The fourth-order valence-electron chi connectivity index (χ4n) is 1.26. The van der Waals surface area contributed by atoms with Crippen LogP contribution >= 0.6 is 0 Å². The highest BCUT2D eigenvalue weighted by Crippen LogP contribution is 2.06. The maximum absolute atomic E-state index is 3.75. The number of aromatic nitrogens is 3. The largest absolute Gasteiger partial charge is 0.320 e. The first kappa shape index (κ1) is 8.24. The molecular formula is C8H15N3. The summed E-state index contributed by atoms with van der Waals surface area (Å²) in [6, 6.07) is 0. The van der Waals surface area contributed by atoms with E-state index in [9.17, 15) is 0 Å². The Morgan fingerprint density at radius 1 is 1.36 bits per heavy atom. The highest BCUT2D eigenvalue weighted by Gasteiger charge is 2.00. The molecule has 1 aromatic heterocycles. The molecule has 1 atom stereocenters. The minimum absolute atomic E-state index is 0.732. The molecule has 0 saturated carbocycles. The zero-order valence-electron chi connectivity index (χ0n) is 7.20. The van der Waals surface area contributed by atoms with Gasteiger partial charge in [-0.05, 0) is 12.3 Å². The van der Waals surface area contributed by atoms with E-state index in [0.29, 0.717) is 0 Å². The van der Waals surface area contributed by atoms with Gasteiger partial charge in [-0.15, -0.1) is 10.2 Å². The lowest BCUT2D eigenvalue weighted by molar-refractivity contribution is 0.445. The lowest BCUT2D eigenvalue weighted by Gasteiger charge is -2.08. The molecule has 0 spiro atoms. The van der Waals surface area contributed by atoms with Crippen molar-refractivity contribution < 1.29 is 0 Å². The molecule has 0 N–H and O–H groups in total. The van der Waals surface area contributed by atoms with Crippen LogP contribution in [-0.4, -0.2) is 14.8 Å². The lowest BCUT2D eigenvalue weighted by atomic mass is 10.1. The van der Waals surface area contributed by atoms with E-state index in [2.05, 4.69) is 24.0 Å². The molecule has 0 aliphatic heterocycles. The molecule has 0 amide bonds. The first-order valence-electron chi connectivity index (χ1n) is 4.15. The molecule has 0 fully saturated rings. The Morgan fingerprint density at radius 2 is 2.00 bits per heavy atom. The van der Waals surface area contributed by atoms with E-state index in [1.165, 1.54) is 12.8 Å². The van der Waals surface area contributed by atoms with Crippen molar-refractivity contribution in [3.05, 3.63) is 12.7 Å². The highest BCUT2D eigenvalue weighted by molar-refractivity contribution is 4.62. The number of rotatable bonds is 4. The quantitative estimate of drug-likeness (QED) is 0.659. The predicted molar refractivity (Wildman–Crippen MR) is 44.1 cm³/mol. The van der Waals surface area contributed by atoms with E-state index in [1.54, 1.807) is 12.7 Å². The van der Waals surface area contributed by atoms with Crippen LogP contribution in [0.2, 0.25) is 0 Å². The summed E-state index contributed by atoms with van der Waals surface area (Å²) in [5.41, 5.74) is 0. The summed E-state index contributed by atoms with van der Waals surface area (Å²) in [6.45, 7) is 5.51. The molecule has 1 rings (SSSR count). The van der Waals surface area contributed by atoms with Gasteiger partial charge in [0.05, 0.1) is 0 Å². The van der Waals surface area contributed by atoms with Crippen LogP contribution in [0.1, 0.15) is 26.7 Å². The molecule has 62 valence electrons. The predicted octanol–water partition coefficient (Wildman–Crippen LogP) is 1.71. The monoisotopic (exact) mass is 153 g/mol. The third-order valence-electron chi connectivity index (χ3n) is 1.77. The average molecular weight is 153 g/mol. The summed E-state index contributed by atoms with van der Waals surface area (Å²) in [5.74, 6) is 0.732. The van der Waals surface area contributed by atoms with Gasteiger partial charge in [0, 0.05) is 6.54 Å². The summed E-state index contributed by atoms with van der Waals surface area (Å²) >= 11 is 0. The van der Waals surface area contributed by atoms with Crippen molar-refractivity contribution in [2.75, 3.05) is 0 Å². The van der Waals surface area contributed by atoms with E-state index in [0.717, 1.165) is 12.5 Å². The van der Waals surface area contributed by atoms with Crippen LogP contribution in [0, 0.1) is 5.92 Å². The summed E-state index contributed by atoms with van der Waals surface area (Å²) in [7, 11) is 0. The molecule has 1 heterocycles. The second-order valence-electron chi connectivity index (χ2n) is 3.05. The third kappa shape index (κ3) is 2.70. The van der Waals surface area contributed by atoms with Crippen LogP contribution in [0.3, 0.4) is 0 Å². The second-order valence-corrected chi connectivity index (χ2v) is 3.05. The SMILES string of the molecule is CCCC(C)Cn1cnnc1. The van der Waals surface area contributed by atoms with Gasteiger partial charge in [-0.1, -0.05) is 20.3 Å². The van der Waals surface area contributed by atoms with Crippen molar-refractivity contribution in [1.82, 2.24) is 14.8 Å². The van der Waals surface area contributed by atoms with Crippen molar-refractivity contribution in [3.63, 3.8) is 0 Å². The van der Waals surface area contributed by atoms with Crippen molar-refractivity contribution >= 4 is 0 Å². The summed E-state index contributed by atoms with van der Waals surface area (Å²) in [6.07, 6.45) is 6.07. The smallest absolute Gasteiger partial charge is 0.119 e. The minimum atomic E-state index is 0.732. The number of hydrogen-bond acceptors (Lipinski definition) is 2. The van der Waals surface area contributed by atoms with E-state index in [4.69, 9.17) is 0 Å². The van der Waals surface area contributed by atoms with Crippen LogP contribution in [-0.2, 0) is 6.54 Å². The average Bonchev–Trinajstić information content (AvgIpc) is 2.40. The summed E-state index contributed by atoms with van der Waals surface area (Å²) < 4.78 is 2.03. The molecule has 1 aromatic rings. The third-order valence-corrected chi connectivity index (χ3v) is 1.77. The van der Waals surface area contributed by atoms with E-state index < -0.39 is 0 Å². The molecular weight excluding hydrogens is 138 g/mol. The Hall–Kier alpha value is -0.860. The molecule has 11 heavy (non-hydrogen) atoms. The fourth-order valence-corrected chi connectivity index (χ4v) is 1.26. The van der Waals surface area contributed by atoms with Gasteiger partial charge in [0.1, 0.15) is 12.7 Å². The molecule has 3 heteroatoms. The van der Waals surface area contributed by atoms with Crippen molar-refractivity contribution in [3.8, 4) is 0 Å². The van der Waals surface area contributed by atoms with Crippen molar-refractivity contribution in [2.45, 2.75) is 33.2 Å². The fraction of sp³-hybridized carbons (Fsp3) is 0.750. The Kier molecular flexibility index (Phi) is 3.08. The van der Waals surface area contributed by atoms with Crippen LogP contribution in [0.15, 0.2) is 12.7 Å². The standard InChI is InChI=1S/C8H15N3/c1-3-4-8(2)5-11-6-9-10-7-11/h6-8H,3-5H2,1-2H3. The molecule has 0 saturated heterocycles. The topological polar surface area (TPSA) is 30.7 Å². The molecule has 0 aromatic carbocycles. The van der Waals surface area contributed by atoms with Gasteiger partial charge in [0.15, 0.2) is 0 Å². The second kappa shape index (κ2) is 4.11. The zero-order chi connectivity index (χ0) is 8.10. The number of nitrogens with zero attached hydrogens (tertiary/aromatic N) is 3. The molecule has 0 bridgehead atoms. The maximum Gasteiger partial charge on any atom is 0.119 e. The zero-order valence-corrected chi connectivity index (χ0v) is 7.20. The Balaban J connectivity index is 2.31. The van der Waals surface area contributed by atoms with Gasteiger partial charge in [0.25, 0.3) is 0 Å². The van der Waals surface area contributed by atoms with Crippen LogP contribution in [0.5, 0.6) is 0 Å². The van der Waals surface area contributed by atoms with E-state index in [1.807, 2.05) is 4.57 Å². The minimum Gasteiger partial charge on any atom is -0.320 e. The molecule has 0 aliphatic rings.